The molecule has 23 heavy (non-hydrogen) atoms. The van der Waals surface area contributed by atoms with E-state index in [2.05, 4.69) is 0 Å². The molecule has 0 unspecified atom stereocenters. The number of hydrogen-bond donors (Lipinski definition) is 2. The molecule has 2 N–H and O–H groups in total. The van der Waals surface area contributed by atoms with Gasteiger partial charge in [0.05, 0.1) is 12.2 Å². The van der Waals surface area contributed by atoms with Gasteiger partial charge in [0.2, 0.25) is 0 Å². The topological polar surface area (TPSA) is 66.8 Å². The van der Waals surface area contributed by atoms with Gasteiger partial charge in [0.1, 0.15) is 5.60 Å². The number of rotatable bonds is 5. The molecular weight excluding hydrogens is 292 g/mol. The van der Waals surface area contributed by atoms with E-state index in [-0.39, 0.29) is 17.6 Å². The highest BCUT2D eigenvalue weighted by atomic mass is 16.5. The summed E-state index contributed by atoms with van der Waals surface area (Å²) in [4.78, 5) is 12.0. The Morgan fingerprint density at radius 1 is 1.30 bits per heavy atom. The first-order valence-corrected chi connectivity index (χ1v) is 9.19. The number of carbonyl (C=O) groups is 1. The van der Waals surface area contributed by atoms with Crippen molar-refractivity contribution in [3.8, 4) is 0 Å². The Balaban J connectivity index is 1.60. The number of aliphatic hydroxyl groups excluding tert-OH is 2. The molecule has 0 aromatic heterocycles. The van der Waals surface area contributed by atoms with Crippen molar-refractivity contribution >= 4 is 5.78 Å². The third-order valence-corrected chi connectivity index (χ3v) is 6.42. The maximum Gasteiger partial charge on any atom is 0.165 e. The van der Waals surface area contributed by atoms with Crippen LogP contribution >= 0.6 is 0 Å². The summed E-state index contributed by atoms with van der Waals surface area (Å²) in [6.07, 6.45) is 11.7. The molecule has 0 saturated heterocycles. The van der Waals surface area contributed by atoms with Crippen molar-refractivity contribution < 1.29 is 19.7 Å². The second-order valence-corrected chi connectivity index (χ2v) is 7.70. The summed E-state index contributed by atoms with van der Waals surface area (Å²) in [7, 11) is 1.60. The van der Waals surface area contributed by atoms with E-state index in [1.54, 1.807) is 7.11 Å². The number of ketones is 1. The van der Waals surface area contributed by atoms with Gasteiger partial charge in [0.25, 0.3) is 0 Å². The van der Waals surface area contributed by atoms with Crippen LogP contribution in [-0.4, -0.2) is 40.9 Å². The maximum atomic E-state index is 12.0. The van der Waals surface area contributed by atoms with Crippen LogP contribution in [-0.2, 0) is 9.53 Å². The minimum atomic E-state index is -0.678. The molecule has 0 aromatic rings. The molecule has 3 aliphatic carbocycles. The largest absolute Gasteiger partial charge is 0.393 e. The fourth-order valence-electron chi connectivity index (χ4n) is 4.94. The first-order valence-electron chi connectivity index (χ1n) is 9.19. The molecule has 4 heteroatoms. The molecule has 3 fully saturated rings. The van der Waals surface area contributed by atoms with E-state index >= 15 is 0 Å². The van der Waals surface area contributed by atoms with Gasteiger partial charge in [-0.1, -0.05) is 44.3 Å². The Hall–Kier alpha value is -0.710. The lowest BCUT2D eigenvalue weighted by atomic mass is 9.55. The molecule has 0 amide bonds. The Morgan fingerprint density at radius 3 is 2.70 bits per heavy atom. The second kappa shape index (κ2) is 7.04. The SMILES string of the molecule is CO[C@@]12CC[C@H](O)[C@@H](/C=C/[C@H](O)CC3CCCCC3)[C@@H]1CC2=O. The van der Waals surface area contributed by atoms with Crippen molar-refractivity contribution in [1.82, 2.24) is 0 Å². The molecule has 0 aromatic carbocycles. The summed E-state index contributed by atoms with van der Waals surface area (Å²) >= 11 is 0. The molecule has 5 atom stereocenters. The van der Waals surface area contributed by atoms with Crippen LogP contribution in [0, 0.1) is 17.8 Å². The lowest BCUT2D eigenvalue weighted by molar-refractivity contribution is -0.191. The van der Waals surface area contributed by atoms with Gasteiger partial charge in [0.15, 0.2) is 5.78 Å². The van der Waals surface area contributed by atoms with Crippen LogP contribution in [0.4, 0.5) is 0 Å². The predicted molar refractivity (Wildman–Crippen MR) is 87.9 cm³/mol. The van der Waals surface area contributed by atoms with Crippen LogP contribution in [0.2, 0.25) is 0 Å². The van der Waals surface area contributed by atoms with Gasteiger partial charge >= 0.3 is 0 Å². The van der Waals surface area contributed by atoms with E-state index in [4.69, 9.17) is 4.74 Å². The Labute approximate surface area is 138 Å². The average molecular weight is 322 g/mol. The highest BCUT2D eigenvalue weighted by Crippen LogP contribution is 2.51. The zero-order chi connectivity index (χ0) is 16.4. The zero-order valence-corrected chi connectivity index (χ0v) is 14.1. The third kappa shape index (κ3) is 3.26. The highest BCUT2D eigenvalue weighted by Gasteiger charge is 2.60. The van der Waals surface area contributed by atoms with Crippen LogP contribution in [0.5, 0.6) is 0 Å². The van der Waals surface area contributed by atoms with E-state index in [1.165, 1.54) is 32.1 Å². The highest BCUT2D eigenvalue weighted by molar-refractivity contribution is 5.94. The summed E-state index contributed by atoms with van der Waals surface area (Å²) in [6, 6.07) is 0. The summed E-state index contributed by atoms with van der Waals surface area (Å²) in [6.45, 7) is 0. The van der Waals surface area contributed by atoms with Crippen LogP contribution in [0.15, 0.2) is 12.2 Å². The van der Waals surface area contributed by atoms with Crippen LogP contribution in [0.3, 0.4) is 0 Å². The van der Waals surface area contributed by atoms with Crippen molar-refractivity contribution in [3.05, 3.63) is 12.2 Å². The molecule has 130 valence electrons. The van der Waals surface area contributed by atoms with Crippen molar-refractivity contribution in [2.75, 3.05) is 7.11 Å². The predicted octanol–water partition coefficient (Wildman–Crippen LogP) is 2.62. The van der Waals surface area contributed by atoms with Crippen molar-refractivity contribution in [2.24, 2.45) is 17.8 Å². The first-order chi connectivity index (χ1) is 11.1. The third-order valence-electron chi connectivity index (χ3n) is 6.42. The number of carbonyl (C=O) groups excluding carboxylic acids is 1. The maximum absolute atomic E-state index is 12.0. The van der Waals surface area contributed by atoms with Gasteiger partial charge in [-0.05, 0) is 25.2 Å². The van der Waals surface area contributed by atoms with Crippen LogP contribution < -0.4 is 0 Å². The minimum absolute atomic E-state index is 0.0573. The molecule has 0 aliphatic heterocycles. The molecule has 3 rings (SSSR count). The monoisotopic (exact) mass is 322 g/mol. The summed E-state index contributed by atoms with van der Waals surface area (Å²) in [5.41, 5.74) is -0.678. The smallest absolute Gasteiger partial charge is 0.165 e. The van der Waals surface area contributed by atoms with Gasteiger partial charge < -0.3 is 14.9 Å². The molecule has 0 heterocycles. The van der Waals surface area contributed by atoms with Crippen LogP contribution in [0.25, 0.3) is 0 Å². The van der Waals surface area contributed by atoms with Crippen molar-refractivity contribution in [1.29, 1.82) is 0 Å². The molecule has 3 saturated carbocycles. The number of hydrogen-bond acceptors (Lipinski definition) is 4. The minimum Gasteiger partial charge on any atom is -0.393 e. The van der Waals surface area contributed by atoms with E-state index < -0.39 is 17.8 Å². The van der Waals surface area contributed by atoms with Gasteiger partial charge in [-0.2, -0.15) is 0 Å². The Morgan fingerprint density at radius 2 is 2.04 bits per heavy atom. The van der Waals surface area contributed by atoms with E-state index in [1.807, 2.05) is 12.2 Å². The van der Waals surface area contributed by atoms with E-state index in [0.717, 1.165) is 6.42 Å². The summed E-state index contributed by atoms with van der Waals surface area (Å²) < 4.78 is 5.54. The van der Waals surface area contributed by atoms with E-state index in [9.17, 15) is 15.0 Å². The molecule has 4 nitrogen and oxygen atoms in total. The molecule has 0 spiro atoms. The zero-order valence-electron chi connectivity index (χ0n) is 14.1. The number of Topliss-reactive ketones (excluding diaryl/α,β-unsaturated/α-hetero) is 1. The lowest BCUT2D eigenvalue weighted by Crippen LogP contribution is -2.64. The van der Waals surface area contributed by atoms with Gasteiger partial charge in [-0.3, -0.25) is 4.79 Å². The van der Waals surface area contributed by atoms with Gasteiger partial charge in [0, 0.05) is 25.4 Å². The van der Waals surface area contributed by atoms with Crippen LogP contribution in [0.1, 0.15) is 57.8 Å². The number of aliphatic hydroxyl groups is 2. The second-order valence-electron chi connectivity index (χ2n) is 7.70. The first kappa shape index (κ1) is 17.1. The molecule has 0 bridgehead atoms. The van der Waals surface area contributed by atoms with Gasteiger partial charge in [-0.25, -0.2) is 0 Å². The quantitative estimate of drug-likeness (QED) is 0.764. The molecular formula is C19H30O4. The standard InChI is InChI=1S/C19H30O4/c1-23-19-10-9-17(21)15(16(19)12-18(19)22)8-7-14(20)11-13-5-3-2-4-6-13/h7-8,13-17,20-21H,2-6,9-12H2,1H3/b8-7+/t14-,15-,16-,17-,19-/m0/s1. The Kier molecular flexibility index (Phi) is 5.24. The number of ether oxygens (including phenoxy) is 1. The lowest BCUT2D eigenvalue weighted by Gasteiger charge is -2.54. The van der Waals surface area contributed by atoms with Gasteiger partial charge in [-0.15, -0.1) is 0 Å². The van der Waals surface area contributed by atoms with E-state index in [0.29, 0.717) is 25.2 Å². The Bertz CT molecular complexity index is 454. The molecule has 0 radical (unpaired) electrons. The number of methoxy groups -OCH3 is 1. The average Bonchev–Trinajstić information content (AvgIpc) is 2.55. The van der Waals surface area contributed by atoms with Crippen molar-refractivity contribution in [2.45, 2.75) is 75.6 Å². The number of fused-ring (bicyclic) bond motifs is 1. The summed E-state index contributed by atoms with van der Waals surface area (Å²) in [5.74, 6) is 0.769. The fraction of sp³-hybridized carbons (Fsp3) is 0.842. The normalized spacial score (nSPS) is 40.0. The van der Waals surface area contributed by atoms with Crippen molar-refractivity contribution in [3.63, 3.8) is 0 Å². The summed E-state index contributed by atoms with van der Waals surface area (Å²) in [5, 5.41) is 20.6. The molecule has 3 aliphatic rings. The fourth-order valence-corrected chi connectivity index (χ4v) is 4.94.